The van der Waals surface area contributed by atoms with Crippen LogP contribution < -0.4 is 5.32 Å². The second kappa shape index (κ2) is 11.2. The predicted molar refractivity (Wildman–Crippen MR) is 127 cm³/mol. The lowest BCUT2D eigenvalue weighted by Crippen LogP contribution is -2.48. The van der Waals surface area contributed by atoms with Gasteiger partial charge < -0.3 is 19.9 Å². The second-order valence-electron chi connectivity index (χ2n) is 6.72. The molecular weight excluding hydrogens is 541 g/mol. The molecule has 0 fully saturated rings. The van der Waals surface area contributed by atoms with Crippen molar-refractivity contribution in [3.63, 3.8) is 0 Å². The Morgan fingerprint density at radius 1 is 0.727 bits per heavy atom. The molecule has 8 nitrogen and oxygen atoms in total. The topological polar surface area (TPSA) is 119 Å². The van der Waals surface area contributed by atoms with Gasteiger partial charge in [-0.2, -0.15) is 0 Å². The lowest BCUT2D eigenvalue weighted by atomic mass is 10.1. The van der Waals surface area contributed by atoms with Crippen LogP contribution in [0.3, 0.4) is 0 Å². The number of halogens is 1. The molecule has 0 heterocycles. The Hall–Kier alpha value is -3.73. The third-order valence-electron chi connectivity index (χ3n) is 4.36. The van der Waals surface area contributed by atoms with Gasteiger partial charge in [0.25, 0.3) is 5.91 Å². The number of aliphatic carboxylic acids is 1. The lowest BCUT2D eigenvalue weighted by molar-refractivity contribution is -0.157. The molecule has 2 atom stereocenters. The summed E-state index contributed by atoms with van der Waals surface area (Å²) in [5, 5.41) is 12.2. The maximum Gasteiger partial charge on any atom is 0.349 e. The zero-order valence-corrected chi connectivity index (χ0v) is 19.2. The first-order chi connectivity index (χ1) is 15.8. The van der Waals surface area contributed by atoms with E-state index >= 15 is 0 Å². The van der Waals surface area contributed by atoms with Crippen molar-refractivity contribution in [2.45, 2.75) is 12.2 Å². The van der Waals surface area contributed by atoms with Crippen molar-refractivity contribution in [1.29, 1.82) is 0 Å². The average molecular weight is 559 g/mol. The van der Waals surface area contributed by atoms with Gasteiger partial charge in [0.1, 0.15) is 0 Å². The highest BCUT2D eigenvalue weighted by atomic mass is 127. The maximum absolute atomic E-state index is 13.0. The highest BCUT2D eigenvalue weighted by molar-refractivity contribution is 14.1. The predicted octanol–water partition coefficient (Wildman–Crippen LogP) is 3.77. The van der Waals surface area contributed by atoms with Crippen molar-refractivity contribution >= 4 is 52.1 Å². The molecule has 9 heteroatoms. The van der Waals surface area contributed by atoms with E-state index in [2.05, 4.69) is 5.32 Å². The summed E-state index contributed by atoms with van der Waals surface area (Å²) < 4.78 is 11.2. The van der Waals surface area contributed by atoms with Crippen molar-refractivity contribution in [3.05, 3.63) is 99.6 Å². The Morgan fingerprint density at radius 3 is 1.73 bits per heavy atom. The molecule has 1 amide bonds. The van der Waals surface area contributed by atoms with Crippen LogP contribution in [0.2, 0.25) is 0 Å². The number of ether oxygens (including phenoxy) is 2. The van der Waals surface area contributed by atoms with E-state index in [0.717, 1.165) is 3.57 Å². The zero-order chi connectivity index (χ0) is 23.8. The summed E-state index contributed by atoms with van der Waals surface area (Å²) in [5.74, 6) is -4.54. The summed E-state index contributed by atoms with van der Waals surface area (Å²) in [4.78, 5) is 50.1. The van der Waals surface area contributed by atoms with E-state index in [4.69, 9.17) is 9.47 Å². The van der Waals surface area contributed by atoms with Gasteiger partial charge in [-0.1, -0.05) is 42.5 Å². The smallest absolute Gasteiger partial charge is 0.349 e. The Balaban J connectivity index is 1.90. The number of esters is 2. The minimum atomic E-state index is -2.09. The third-order valence-corrected chi connectivity index (χ3v) is 5.03. The van der Waals surface area contributed by atoms with Crippen LogP contribution in [0.5, 0.6) is 0 Å². The van der Waals surface area contributed by atoms with Gasteiger partial charge in [0, 0.05) is 9.26 Å². The van der Waals surface area contributed by atoms with Crippen LogP contribution in [0.25, 0.3) is 0 Å². The van der Waals surface area contributed by atoms with E-state index in [9.17, 15) is 24.3 Å². The van der Waals surface area contributed by atoms with Crippen LogP contribution in [0.15, 0.2) is 84.9 Å². The highest BCUT2D eigenvalue weighted by Gasteiger charge is 2.41. The molecule has 3 aromatic rings. The van der Waals surface area contributed by atoms with Crippen LogP contribution >= 0.6 is 22.6 Å². The number of anilines is 1. The normalized spacial score (nSPS) is 12.2. The zero-order valence-electron chi connectivity index (χ0n) is 17.0. The molecule has 168 valence electrons. The fourth-order valence-corrected chi connectivity index (χ4v) is 3.33. The van der Waals surface area contributed by atoms with Crippen molar-refractivity contribution in [2.24, 2.45) is 0 Å². The SMILES string of the molecule is O=C(O[C@H](C(=O)O)[C@H](OC(=O)c1ccccc1)C(=O)Nc1cccc(I)c1)c1ccccc1. The molecule has 0 unspecified atom stereocenters. The Bertz CT molecular complexity index is 1150. The molecule has 0 bridgehead atoms. The number of carbonyl (C=O) groups is 4. The molecule has 0 aliphatic carbocycles. The van der Waals surface area contributed by atoms with E-state index < -0.39 is 36.0 Å². The number of carboxylic acid groups (broad SMARTS) is 1. The molecule has 0 aromatic heterocycles. The molecule has 0 aliphatic rings. The highest BCUT2D eigenvalue weighted by Crippen LogP contribution is 2.17. The van der Waals surface area contributed by atoms with E-state index in [0.29, 0.717) is 5.69 Å². The minimum absolute atomic E-state index is 0.0786. The molecule has 33 heavy (non-hydrogen) atoms. The van der Waals surface area contributed by atoms with E-state index in [-0.39, 0.29) is 11.1 Å². The standard InChI is InChI=1S/C24H18INO7/c25-17-12-7-13-18(14-17)26-21(27)19(32-23(30)15-8-3-1-4-9-15)20(22(28)29)33-24(31)16-10-5-2-6-11-16/h1-14,19-20H,(H,26,27)(H,28,29)/t19-,20-/m0/s1. The van der Waals surface area contributed by atoms with Gasteiger partial charge in [-0.05, 0) is 65.1 Å². The fourth-order valence-electron chi connectivity index (χ4n) is 2.79. The van der Waals surface area contributed by atoms with Crippen molar-refractivity contribution < 1.29 is 33.8 Å². The van der Waals surface area contributed by atoms with Crippen molar-refractivity contribution in [3.8, 4) is 0 Å². The summed E-state index contributed by atoms with van der Waals surface area (Å²) in [6.07, 6.45) is -4.05. The fraction of sp³-hybridized carbons (Fsp3) is 0.0833. The minimum Gasteiger partial charge on any atom is -0.478 e. The number of nitrogens with one attached hydrogen (secondary N) is 1. The first-order valence-electron chi connectivity index (χ1n) is 9.66. The van der Waals surface area contributed by atoms with Gasteiger partial charge in [-0.25, -0.2) is 14.4 Å². The van der Waals surface area contributed by atoms with Crippen LogP contribution in [-0.4, -0.2) is 41.1 Å². The van der Waals surface area contributed by atoms with Gasteiger partial charge in [0.05, 0.1) is 11.1 Å². The monoisotopic (exact) mass is 559 g/mol. The molecule has 3 rings (SSSR count). The molecule has 2 N–H and O–H groups in total. The second-order valence-corrected chi connectivity index (χ2v) is 7.97. The van der Waals surface area contributed by atoms with Crippen LogP contribution in [0.4, 0.5) is 5.69 Å². The van der Waals surface area contributed by atoms with Gasteiger partial charge in [-0.15, -0.1) is 0 Å². The Morgan fingerprint density at radius 2 is 1.24 bits per heavy atom. The first kappa shape index (κ1) is 23.9. The number of carbonyl (C=O) groups excluding carboxylic acids is 3. The number of hydrogen-bond acceptors (Lipinski definition) is 6. The summed E-state index contributed by atoms with van der Waals surface area (Å²) in [6, 6.07) is 22.1. The van der Waals surface area contributed by atoms with Gasteiger partial charge in [0.15, 0.2) is 0 Å². The maximum atomic E-state index is 13.0. The number of carboxylic acids is 1. The molecule has 0 aliphatic heterocycles. The van der Waals surface area contributed by atoms with E-state index in [1.165, 1.54) is 24.3 Å². The third kappa shape index (κ3) is 6.62. The summed E-state index contributed by atoms with van der Waals surface area (Å²) in [6.45, 7) is 0. The van der Waals surface area contributed by atoms with Gasteiger partial charge >= 0.3 is 17.9 Å². The number of hydrogen-bond donors (Lipinski definition) is 2. The average Bonchev–Trinajstić information content (AvgIpc) is 2.82. The largest absolute Gasteiger partial charge is 0.478 e. The molecule has 3 aromatic carbocycles. The molecular formula is C24H18INO7. The van der Waals surface area contributed by atoms with E-state index in [1.807, 2.05) is 22.6 Å². The molecule has 0 radical (unpaired) electrons. The Kier molecular flexibility index (Phi) is 8.14. The van der Waals surface area contributed by atoms with Crippen molar-refractivity contribution in [2.75, 3.05) is 5.32 Å². The molecule has 0 saturated carbocycles. The van der Waals surface area contributed by atoms with Crippen LogP contribution in [0, 0.1) is 3.57 Å². The number of amides is 1. The van der Waals surface area contributed by atoms with Crippen LogP contribution in [0.1, 0.15) is 20.7 Å². The molecule has 0 saturated heterocycles. The van der Waals surface area contributed by atoms with E-state index in [1.54, 1.807) is 60.7 Å². The summed E-state index contributed by atoms with van der Waals surface area (Å²) in [5.41, 5.74) is 0.532. The Labute approximate surface area is 202 Å². The van der Waals surface area contributed by atoms with Gasteiger partial charge in [-0.3, -0.25) is 4.79 Å². The van der Waals surface area contributed by atoms with Crippen molar-refractivity contribution in [1.82, 2.24) is 0 Å². The summed E-state index contributed by atoms with van der Waals surface area (Å²) >= 11 is 2.04. The quantitative estimate of drug-likeness (QED) is 0.319. The van der Waals surface area contributed by atoms with Crippen LogP contribution in [-0.2, 0) is 19.1 Å². The summed E-state index contributed by atoms with van der Waals surface area (Å²) in [7, 11) is 0. The first-order valence-corrected chi connectivity index (χ1v) is 10.7. The van der Waals surface area contributed by atoms with Gasteiger partial charge in [0.2, 0.25) is 12.2 Å². The number of rotatable bonds is 8. The molecule has 0 spiro atoms. The number of benzene rings is 3. The lowest BCUT2D eigenvalue weighted by Gasteiger charge is -2.23.